The highest BCUT2D eigenvalue weighted by atomic mass is 127. The monoisotopic (exact) mass is 403 g/mol. The maximum Gasteiger partial charge on any atom is 0.234 e. The highest BCUT2D eigenvalue weighted by Gasteiger charge is 2.06. The summed E-state index contributed by atoms with van der Waals surface area (Å²) >= 11 is 9.74. The van der Waals surface area contributed by atoms with E-state index in [-0.39, 0.29) is 5.91 Å². The number of hydrogen-bond donors (Lipinski definition) is 1. The molecule has 0 aromatic heterocycles. The number of anilines is 1. The van der Waals surface area contributed by atoms with Crippen molar-refractivity contribution in [1.29, 1.82) is 0 Å². The molecule has 0 aliphatic rings. The third kappa shape index (κ3) is 4.71. The number of amides is 1. The molecule has 0 bridgehead atoms. The predicted molar refractivity (Wildman–Crippen MR) is 90.0 cm³/mol. The van der Waals surface area contributed by atoms with Gasteiger partial charge in [0.1, 0.15) is 0 Å². The highest BCUT2D eigenvalue weighted by Crippen LogP contribution is 2.24. The maximum absolute atomic E-state index is 11.8. The van der Waals surface area contributed by atoms with E-state index in [1.807, 2.05) is 48.5 Å². The molecule has 0 saturated carbocycles. The standard InChI is InChI=1S/C14H11ClINOS/c15-12-8-10(16)6-7-13(12)17-14(18)9-19-11-4-2-1-3-5-11/h1-8H,9H2,(H,17,18). The van der Waals surface area contributed by atoms with Crippen LogP contribution < -0.4 is 5.32 Å². The molecule has 0 unspecified atom stereocenters. The second-order valence-electron chi connectivity index (χ2n) is 3.77. The lowest BCUT2D eigenvalue weighted by atomic mass is 10.3. The number of carbonyl (C=O) groups excluding carboxylic acids is 1. The zero-order valence-corrected chi connectivity index (χ0v) is 13.6. The van der Waals surface area contributed by atoms with E-state index in [1.165, 1.54) is 11.8 Å². The normalized spacial score (nSPS) is 10.2. The second-order valence-corrected chi connectivity index (χ2v) is 6.48. The van der Waals surface area contributed by atoms with Gasteiger partial charge in [-0.1, -0.05) is 29.8 Å². The smallest absolute Gasteiger partial charge is 0.234 e. The molecular formula is C14H11ClINOS. The Hall–Kier alpha value is -0.720. The van der Waals surface area contributed by atoms with Gasteiger partial charge in [-0.25, -0.2) is 0 Å². The molecule has 98 valence electrons. The van der Waals surface area contributed by atoms with E-state index in [9.17, 15) is 4.79 Å². The molecule has 1 amide bonds. The SMILES string of the molecule is O=C(CSc1ccccc1)Nc1ccc(I)cc1Cl. The predicted octanol–water partition coefficient (Wildman–Crippen LogP) is 4.68. The zero-order chi connectivity index (χ0) is 13.7. The average Bonchev–Trinajstić information content (AvgIpc) is 2.41. The van der Waals surface area contributed by atoms with E-state index in [0.29, 0.717) is 16.5 Å². The van der Waals surface area contributed by atoms with Crippen molar-refractivity contribution in [2.45, 2.75) is 4.90 Å². The Labute approximate surface area is 135 Å². The van der Waals surface area contributed by atoms with Gasteiger partial charge in [-0.2, -0.15) is 0 Å². The maximum atomic E-state index is 11.8. The van der Waals surface area contributed by atoms with Crippen LogP contribution in [0.25, 0.3) is 0 Å². The van der Waals surface area contributed by atoms with E-state index in [0.717, 1.165) is 8.47 Å². The fourth-order valence-electron chi connectivity index (χ4n) is 1.44. The Bertz CT molecular complexity index is 577. The van der Waals surface area contributed by atoms with Crippen LogP contribution in [-0.4, -0.2) is 11.7 Å². The second kappa shape index (κ2) is 7.17. The number of thioether (sulfide) groups is 1. The Balaban J connectivity index is 1.91. The summed E-state index contributed by atoms with van der Waals surface area (Å²) in [7, 11) is 0. The van der Waals surface area contributed by atoms with Crippen molar-refractivity contribution in [2.24, 2.45) is 0 Å². The van der Waals surface area contributed by atoms with Crippen LogP contribution in [0.15, 0.2) is 53.4 Å². The van der Waals surface area contributed by atoms with Gasteiger partial charge in [0.2, 0.25) is 5.91 Å². The molecule has 19 heavy (non-hydrogen) atoms. The molecule has 0 spiro atoms. The highest BCUT2D eigenvalue weighted by molar-refractivity contribution is 14.1. The van der Waals surface area contributed by atoms with Gasteiger partial charge in [0.25, 0.3) is 0 Å². The molecule has 1 N–H and O–H groups in total. The minimum Gasteiger partial charge on any atom is -0.324 e. The van der Waals surface area contributed by atoms with Crippen molar-refractivity contribution in [1.82, 2.24) is 0 Å². The van der Waals surface area contributed by atoms with E-state index >= 15 is 0 Å². The molecule has 5 heteroatoms. The number of rotatable bonds is 4. The van der Waals surface area contributed by atoms with Gasteiger partial charge in [-0.3, -0.25) is 4.79 Å². The van der Waals surface area contributed by atoms with Crippen LogP contribution in [0.3, 0.4) is 0 Å². The first-order valence-electron chi connectivity index (χ1n) is 5.58. The number of halogens is 2. The van der Waals surface area contributed by atoms with Crippen LogP contribution in [0.4, 0.5) is 5.69 Å². The Morgan fingerprint density at radius 1 is 1.21 bits per heavy atom. The third-order valence-electron chi connectivity index (χ3n) is 2.32. The largest absolute Gasteiger partial charge is 0.324 e. The topological polar surface area (TPSA) is 29.1 Å². The lowest BCUT2D eigenvalue weighted by Gasteiger charge is -2.07. The summed E-state index contributed by atoms with van der Waals surface area (Å²) in [5.74, 6) is 0.309. The number of benzene rings is 2. The van der Waals surface area contributed by atoms with E-state index < -0.39 is 0 Å². The van der Waals surface area contributed by atoms with Gasteiger partial charge in [0, 0.05) is 8.47 Å². The number of hydrogen-bond acceptors (Lipinski definition) is 2. The summed E-state index contributed by atoms with van der Waals surface area (Å²) in [5.41, 5.74) is 0.653. The molecular weight excluding hydrogens is 393 g/mol. The van der Waals surface area contributed by atoms with Gasteiger partial charge < -0.3 is 5.32 Å². The van der Waals surface area contributed by atoms with Crippen molar-refractivity contribution in [3.05, 3.63) is 57.1 Å². The average molecular weight is 404 g/mol. The fraction of sp³-hybridized carbons (Fsp3) is 0.0714. The molecule has 0 saturated heterocycles. The van der Waals surface area contributed by atoms with Crippen LogP contribution in [0.5, 0.6) is 0 Å². The van der Waals surface area contributed by atoms with Gasteiger partial charge >= 0.3 is 0 Å². The summed E-state index contributed by atoms with van der Waals surface area (Å²) in [6, 6.07) is 15.4. The van der Waals surface area contributed by atoms with Gasteiger partial charge in [0.15, 0.2) is 0 Å². The first kappa shape index (κ1) is 14.7. The Kier molecular flexibility index (Phi) is 5.54. The minimum atomic E-state index is -0.0584. The summed E-state index contributed by atoms with van der Waals surface area (Å²) in [5, 5.41) is 3.37. The summed E-state index contributed by atoms with van der Waals surface area (Å²) < 4.78 is 1.04. The Morgan fingerprint density at radius 2 is 1.95 bits per heavy atom. The first-order valence-corrected chi connectivity index (χ1v) is 8.02. The van der Waals surface area contributed by atoms with Crippen LogP contribution in [-0.2, 0) is 4.79 Å². The first-order chi connectivity index (χ1) is 9.15. The lowest BCUT2D eigenvalue weighted by Crippen LogP contribution is -2.14. The van der Waals surface area contributed by atoms with Crippen molar-refractivity contribution in [3.8, 4) is 0 Å². The quantitative estimate of drug-likeness (QED) is 0.593. The molecule has 2 aromatic carbocycles. The zero-order valence-electron chi connectivity index (χ0n) is 9.90. The fourth-order valence-corrected chi connectivity index (χ4v) is 3.07. The van der Waals surface area contributed by atoms with Gasteiger partial charge in [0.05, 0.1) is 16.5 Å². The molecule has 0 aliphatic carbocycles. The molecule has 2 nitrogen and oxygen atoms in total. The van der Waals surface area contributed by atoms with Crippen molar-refractivity contribution < 1.29 is 4.79 Å². The van der Waals surface area contributed by atoms with Gasteiger partial charge in [-0.05, 0) is 52.9 Å². The van der Waals surface area contributed by atoms with E-state index in [2.05, 4.69) is 27.9 Å². The molecule has 2 aromatic rings. The van der Waals surface area contributed by atoms with Crippen molar-refractivity contribution >= 4 is 57.5 Å². The minimum absolute atomic E-state index is 0.0584. The third-order valence-corrected chi connectivity index (χ3v) is 4.31. The molecule has 0 heterocycles. The molecule has 0 radical (unpaired) electrons. The lowest BCUT2D eigenvalue weighted by molar-refractivity contribution is -0.113. The van der Waals surface area contributed by atoms with Crippen LogP contribution >= 0.6 is 46.0 Å². The summed E-state index contributed by atoms with van der Waals surface area (Å²) in [4.78, 5) is 12.9. The van der Waals surface area contributed by atoms with E-state index in [1.54, 1.807) is 0 Å². The van der Waals surface area contributed by atoms with Gasteiger partial charge in [-0.15, -0.1) is 11.8 Å². The molecule has 2 rings (SSSR count). The van der Waals surface area contributed by atoms with Crippen LogP contribution in [0.1, 0.15) is 0 Å². The van der Waals surface area contributed by atoms with Crippen molar-refractivity contribution in [3.63, 3.8) is 0 Å². The van der Waals surface area contributed by atoms with Crippen LogP contribution in [0, 0.1) is 3.57 Å². The molecule has 0 fully saturated rings. The van der Waals surface area contributed by atoms with E-state index in [4.69, 9.17) is 11.6 Å². The number of carbonyl (C=O) groups is 1. The Morgan fingerprint density at radius 3 is 2.63 bits per heavy atom. The van der Waals surface area contributed by atoms with Crippen molar-refractivity contribution in [2.75, 3.05) is 11.1 Å². The summed E-state index contributed by atoms with van der Waals surface area (Å²) in [6.07, 6.45) is 0. The molecule has 0 aliphatic heterocycles. The van der Waals surface area contributed by atoms with Crippen LogP contribution in [0.2, 0.25) is 5.02 Å². The number of nitrogens with one attached hydrogen (secondary N) is 1. The molecule has 0 atom stereocenters. The summed E-state index contributed by atoms with van der Waals surface area (Å²) in [6.45, 7) is 0.